The molecule has 0 saturated heterocycles. The molecule has 0 saturated carbocycles. The summed E-state index contributed by atoms with van der Waals surface area (Å²) in [6.45, 7) is -0.423. The van der Waals surface area contributed by atoms with E-state index in [2.05, 4.69) is 15.6 Å². The van der Waals surface area contributed by atoms with Gasteiger partial charge in [-0.25, -0.2) is 9.79 Å². The number of likely N-dealkylation sites (N-methyl/N-ethyl adjacent to an activating group) is 1. The highest BCUT2D eigenvalue weighted by Gasteiger charge is 2.42. The number of nitrogens with two attached hydrogens (primary N) is 2. The van der Waals surface area contributed by atoms with Crippen LogP contribution >= 0.6 is 0 Å². The molecule has 11 heteroatoms. The standard InChI is InChI=1S/C17H26N6O5/c1-20-13(11-12-7-4-3-5-8-12)14(24)21-17(15(25)28-2,22-16(18)19)9-6-10-23(26)27/h3-5,7-8,13,20H,6,9-11H2,1-2H3,(H,21,24)(H4,18,19,22)/t13-,17+/m0/s1. The minimum absolute atomic E-state index is 0.0535. The summed E-state index contributed by atoms with van der Waals surface area (Å²) in [4.78, 5) is 39.2. The van der Waals surface area contributed by atoms with Gasteiger partial charge in [0.25, 0.3) is 0 Å². The second-order valence-corrected chi connectivity index (χ2v) is 6.07. The fraction of sp³-hybridized carbons (Fsp3) is 0.471. The third kappa shape index (κ3) is 6.83. The quantitative estimate of drug-likeness (QED) is 0.123. The van der Waals surface area contributed by atoms with Crippen LogP contribution in [-0.4, -0.2) is 55.2 Å². The van der Waals surface area contributed by atoms with E-state index in [4.69, 9.17) is 16.2 Å². The number of aliphatic imine (C=N–C) groups is 1. The van der Waals surface area contributed by atoms with Crippen molar-refractivity contribution >= 4 is 17.8 Å². The molecule has 0 aromatic heterocycles. The van der Waals surface area contributed by atoms with Gasteiger partial charge in [0.15, 0.2) is 5.96 Å². The van der Waals surface area contributed by atoms with E-state index < -0.39 is 41.0 Å². The van der Waals surface area contributed by atoms with Crippen LogP contribution in [-0.2, 0) is 20.7 Å². The monoisotopic (exact) mass is 394 g/mol. The molecule has 1 aromatic carbocycles. The zero-order chi connectivity index (χ0) is 21.2. The molecule has 6 N–H and O–H groups in total. The molecule has 154 valence electrons. The molecule has 1 rings (SSSR count). The Bertz CT molecular complexity index is 707. The van der Waals surface area contributed by atoms with Crippen molar-refractivity contribution in [1.82, 2.24) is 10.6 Å². The predicted molar refractivity (Wildman–Crippen MR) is 103 cm³/mol. The van der Waals surface area contributed by atoms with Crippen LogP contribution in [0.15, 0.2) is 35.3 Å². The van der Waals surface area contributed by atoms with Crippen molar-refractivity contribution in [1.29, 1.82) is 0 Å². The largest absolute Gasteiger partial charge is 0.466 e. The second-order valence-electron chi connectivity index (χ2n) is 6.07. The van der Waals surface area contributed by atoms with Crippen molar-refractivity contribution < 1.29 is 19.2 Å². The number of methoxy groups -OCH3 is 1. The maximum absolute atomic E-state index is 12.8. The Morgan fingerprint density at radius 2 is 1.96 bits per heavy atom. The Morgan fingerprint density at radius 3 is 2.46 bits per heavy atom. The zero-order valence-electron chi connectivity index (χ0n) is 15.9. The molecule has 0 bridgehead atoms. The first kappa shape index (κ1) is 22.8. The lowest BCUT2D eigenvalue weighted by Crippen LogP contribution is -2.59. The average molecular weight is 394 g/mol. The third-order valence-corrected chi connectivity index (χ3v) is 4.00. The Morgan fingerprint density at radius 1 is 1.32 bits per heavy atom. The summed E-state index contributed by atoms with van der Waals surface area (Å²) in [5, 5.41) is 16.0. The van der Waals surface area contributed by atoms with Crippen molar-refractivity contribution in [3.05, 3.63) is 46.0 Å². The molecule has 0 fully saturated rings. The topological polar surface area (TPSA) is 175 Å². The lowest BCUT2D eigenvalue weighted by molar-refractivity contribution is -0.480. The molecule has 0 unspecified atom stereocenters. The third-order valence-electron chi connectivity index (χ3n) is 4.00. The summed E-state index contributed by atoms with van der Waals surface area (Å²) in [6, 6.07) is 8.56. The number of carbonyl (C=O) groups is 2. The van der Waals surface area contributed by atoms with Gasteiger partial charge in [0.05, 0.1) is 13.2 Å². The Kier molecular flexibility index (Phi) is 8.82. The first-order chi connectivity index (χ1) is 13.2. The maximum atomic E-state index is 12.8. The van der Waals surface area contributed by atoms with Crippen LogP contribution in [0, 0.1) is 10.1 Å². The fourth-order valence-electron chi connectivity index (χ4n) is 2.66. The molecule has 11 nitrogen and oxygen atoms in total. The van der Waals surface area contributed by atoms with Crippen LogP contribution in [0.4, 0.5) is 0 Å². The number of amides is 1. The average Bonchev–Trinajstić information content (AvgIpc) is 2.65. The van der Waals surface area contributed by atoms with Crippen LogP contribution in [0.3, 0.4) is 0 Å². The SMILES string of the molecule is CN[C@@H](Cc1ccccc1)C(=O)N[C@](CCC[N+](=O)[O-])(N=C(N)N)C(=O)OC. The predicted octanol–water partition coefficient (Wildman–Crippen LogP) is -0.867. The summed E-state index contributed by atoms with van der Waals surface area (Å²) in [5.41, 5.74) is 9.81. The first-order valence-corrected chi connectivity index (χ1v) is 8.58. The number of nitrogens with zero attached hydrogens (tertiary/aromatic N) is 2. The van der Waals surface area contributed by atoms with Gasteiger partial charge in [0, 0.05) is 17.8 Å². The van der Waals surface area contributed by atoms with E-state index >= 15 is 0 Å². The molecule has 0 aliphatic rings. The summed E-state index contributed by atoms with van der Waals surface area (Å²) >= 11 is 0. The van der Waals surface area contributed by atoms with Gasteiger partial charge in [0.1, 0.15) is 0 Å². The smallest absolute Gasteiger partial charge is 0.354 e. The molecule has 1 aromatic rings. The molecule has 0 spiro atoms. The number of benzene rings is 1. The van der Waals surface area contributed by atoms with E-state index in [-0.39, 0.29) is 12.8 Å². The highest BCUT2D eigenvalue weighted by Crippen LogP contribution is 2.18. The number of ether oxygens (including phenoxy) is 1. The summed E-state index contributed by atoms with van der Waals surface area (Å²) in [5.74, 6) is -1.94. The number of esters is 1. The van der Waals surface area contributed by atoms with E-state index in [1.807, 2.05) is 30.3 Å². The Balaban J connectivity index is 3.09. The molecule has 1 amide bonds. The van der Waals surface area contributed by atoms with Crippen LogP contribution in [0.25, 0.3) is 0 Å². The van der Waals surface area contributed by atoms with Gasteiger partial charge in [-0.15, -0.1) is 0 Å². The first-order valence-electron chi connectivity index (χ1n) is 8.58. The number of nitrogens with one attached hydrogen (secondary N) is 2. The molecule has 0 radical (unpaired) electrons. The van der Waals surface area contributed by atoms with Gasteiger partial charge in [0.2, 0.25) is 18.1 Å². The Labute approximate surface area is 162 Å². The number of guanidine groups is 1. The van der Waals surface area contributed by atoms with Gasteiger partial charge in [-0.2, -0.15) is 0 Å². The number of carbonyl (C=O) groups excluding carboxylic acids is 2. The number of hydrogen-bond donors (Lipinski definition) is 4. The molecule has 2 atom stereocenters. The van der Waals surface area contributed by atoms with Crippen LogP contribution in [0.1, 0.15) is 18.4 Å². The van der Waals surface area contributed by atoms with E-state index in [1.165, 1.54) is 0 Å². The normalized spacial score (nSPS) is 13.6. The highest BCUT2D eigenvalue weighted by molar-refractivity contribution is 5.92. The van der Waals surface area contributed by atoms with Crippen molar-refractivity contribution in [3.8, 4) is 0 Å². The van der Waals surface area contributed by atoms with Gasteiger partial charge >= 0.3 is 5.97 Å². The summed E-state index contributed by atoms with van der Waals surface area (Å²) in [6.07, 6.45) is 0.0886. The van der Waals surface area contributed by atoms with Crippen molar-refractivity contribution in [2.75, 3.05) is 20.7 Å². The minimum Gasteiger partial charge on any atom is -0.466 e. The molecular formula is C17H26N6O5. The minimum atomic E-state index is -1.95. The van der Waals surface area contributed by atoms with Crippen molar-refractivity contribution in [2.24, 2.45) is 16.5 Å². The van der Waals surface area contributed by atoms with Crippen LogP contribution < -0.4 is 22.1 Å². The molecule has 0 heterocycles. The number of hydrogen-bond acceptors (Lipinski definition) is 7. The van der Waals surface area contributed by atoms with E-state index in [9.17, 15) is 19.7 Å². The lowest BCUT2D eigenvalue weighted by Gasteiger charge is -2.30. The second kappa shape index (κ2) is 10.8. The van der Waals surface area contributed by atoms with Crippen molar-refractivity contribution in [3.63, 3.8) is 0 Å². The lowest BCUT2D eigenvalue weighted by atomic mass is 10.0. The van der Waals surface area contributed by atoms with Gasteiger partial charge < -0.3 is 26.8 Å². The maximum Gasteiger partial charge on any atom is 0.354 e. The number of nitro groups is 1. The number of rotatable bonds is 11. The zero-order valence-corrected chi connectivity index (χ0v) is 15.9. The van der Waals surface area contributed by atoms with Crippen LogP contribution in [0.2, 0.25) is 0 Å². The van der Waals surface area contributed by atoms with Gasteiger partial charge in [-0.1, -0.05) is 30.3 Å². The summed E-state index contributed by atoms with van der Waals surface area (Å²) < 4.78 is 4.74. The van der Waals surface area contributed by atoms with Gasteiger partial charge in [-0.05, 0) is 19.0 Å². The van der Waals surface area contributed by atoms with E-state index in [0.717, 1.165) is 12.7 Å². The van der Waals surface area contributed by atoms with E-state index in [1.54, 1.807) is 7.05 Å². The summed E-state index contributed by atoms with van der Waals surface area (Å²) in [7, 11) is 2.71. The highest BCUT2D eigenvalue weighted by atomic mass is 16.6. The molecule has 28 heavy (non-hydrogen) atoms. The molecular weight excluding hydrogens is 368 g/mol. The molecule has 0 aliphatic heterocycles. The van der Waals surface area contributed by atoms with Gasteiger partial charge in [-0.3, -0.25) is 14.9 Å². The Hall–Kier alpha value is -3.21. The van der Waals surface area contributed by atoms with Crippen molar-refractivity contribution in [2.45, 2.75) is 31.0 Å². The fourth-order valence-corrected chi connectivity index (χ4v) is 2.66. The van der Waals surface area contributed by atoms with Crippen LogP contribution in [0.5, 0.6) is 0 Å². The molecule has 0 aliphatic carbocycles. The van der Waals surface area contributed by atoms with E-state index in [0.29, 0.717) is 6.42 Å².